The van der Waals surface area contributed by atoms with Crippen LogP contribution in [0.4, 0.5) is 11.5 Å². The molecule has 11 heteroatoms. The normalized spacial score (nSPS) is 20.2. The van der Waals surface area contributed by atoms with Gasteiger partial charge in [-0.05, 0) is 56.0 Å². The van der Waals surface area contributed by atoms with Crippen molar-refractivity contribution in [2.45, 2.75) is 31.7 Å². The van der Waals surface area contributed by atoms with Crippen LogP contribution in [-0.4, -0.2) is 67.1 Å². The Morgan fingerprint density at radius 2 is 1.82 bits per heavy atom. The number of aromatic nitrogens is 1. The number of nitrogens with zero attached hydrogens (tertiary/aromatic N) is 2. The summed E-state index contributed by atoms with van der Waals surface area (Å²) in [6, 6.07) is 8.27. The van der Waals surface area contributed by atoms with Crippen LogP contribution in [0.25, 0.3) is 11.0 Å². The number of fused-ring (bicyclic) bond motifs is 1. The summed E-state index contributed by atoms with van der Waals surface area (Å²) in [4.78, 5) is 45.3. The van der Waals surface area contributed by atoms with Crippen molar-refractivity contribution in [3.05, 3.63) is 52.9 Å². The molecule has 0 spiro atoms. The van der Waals surface area contributed by atoms with Gasteiger partial charge >= 0.3 is 5.97 Å². The Kier molecular flexibility index (Phi) is 7.92. The van der Waals surface area contributed by atoms with Gasteiger partial charge in [-0.25, -0.2) is 9.78 Å². The van der Waals surface area contributed by atoms with E-state index in [1.165, 1.54) is 13.3 Å². The highest BCUT2D eigenvalue weighted by Gasteiger charge is 2.32. The number of hydrogen-bond acceptors (Lipinski definition) is 8. The number of carbonyl (C=O) groups is 3. The lowest BCUT2D eigenvalue weighted by molar-refractivity contribution is -0.121. The summed E-state index contributed by atoms with van der Waals surface area (Å²) in [5.74, 6) is -1.33. The van der Waals surface area contributed by atoms with E-state index >= 15 is 0 Å². The van der Waals surface area contributed by atoms with E-state index in [2.05, 4.69) is 20.5 Å². The number of halogens is 1. The number of amides is 2. The molecule has 1 aromatic carbocycles. The first-order valence-corrected chi connectivity index (χ1v) is 13.0. The summed E-state index contributed by atoms with van der Waals surface area (Å²) >= 11 is 5.89. The predicted molar refractivity (Wildman–Crippen MR) is 142 cm³/mol. The minimum absolute atomic E-state index is 0.0888. The van der Waals surface area contributed by atoms with Crippen LogP contribution in [0.1, 0.15) is 46.6 Å². The van der Waals surface area contributed by atoms with Crippen molar-refractivity contribution >= 4 is 51.9 Å². The largest absolute Gasteiger partial charge is 0.465 e. The SMILES string of the molecule is COC(=O)c1ccc2oc(C(=O)Nc3ccc(Cl)cn3)c(NC(=O)C3CCC(N4CCOCC4)CC3)c2c1. The third kappa shape index (κ3) is 5.67. The van der Waals surface area contributed by atoms with Crippen LogP contribution >= 0.6 is 11.6 Å². The van der Waals surface area contributed by atoms with E-state index in [0.717, 1.165) is 52.0 Å². The number of morpholine rings is 1. The van der Waals surface area contributed by atoms with Crippen LogP contribution in [0, 0.1) is 5.92 Å². The molecule has 0 bridgehead atoms. The van der Waals surface area contributed by atoms with E-state index in [1.54, 1.807) is 30.3 Å². The van der Waals surface area contributed by atoms with E-state index in [9.17, 15) is 14.4 Å². The highest BCUT2D eigenvalue weighted by Crippen LogP contribution is 2.35. The van der Waals surface area contributed by atoms with Gasteiger partial charge in [0.15, 0.2) is 0 Å². The molecule has 1 saturated heterocycles. The Bertz CT molecular complexity index is 1330. The number of anilines is 2. The molecule has 1 saturated carbocycles. The van der Waals surface area contributed by atoms with Gasteiger partial charge < -0.3 is 24.5 Å². The summed E-state index contributed by atoms with van der Waals surface area (Å²) < 4.78 is 16.2. The van der Waals surface area contributed by atoms with E-state index in [4.69, 9.17) is 25.5 Å². The Morgan fingerprint density at radius 3 is 2.50 bits per heavy atom. The molecule has 2 aromatic heterocycles. The zero-order valence-electron chi connectivity index (χ0n) is 21.0. The number of nitrogens with one attached hydrogen (secondary N) is 2. The minimum Gasteiger partial charge on any atom is -0.465 e. The maximum absolute atomic E-state index is 13.4. The topological polar surface area (TPSA) is 123 Å². The van der Waals surface area contributed by atoms with Crippen molar-refractivity contribution in [1.82, 2.24) is 9.88 Å². The molecule has 2 N–H and O–H groups in total. The molecule has 1 aliphatic heterocycles. The average Bonchev–Trinajstić information content (AvgIpc) is 3.32. The third-order valence-electron chi connectivity index (χ3n) is 7.16. The lowest BCUT2D eigenvalue weighted by Crippen LogP contribution is -2.45. The van der Waals surface area contributed by atoms with Gasteiger partial charge in [0.2, 0.25) is 11.7 Å². The van der Waals surface area contributed by atoms with Crippen LogP contribution in [0.15, 0.2) is 40.9 Å². The van der Waals surface area contributed by atoms with Gasteiger partial charge in [-0.3, -0.25) is 14.5 Å². The number of esters is 1. The number of carbonyl (C=O) groups excluding carboxylic acids is 3. The Hall–Kier alpha value is -3.47. The fraction of sp³-hybridized carbons (Fsp3) is 0.407. The van der Waals surface area contributed by atoms with E-state index in [-0.39, 0.29) is 34.7 Å². The second-order valence-electron chi connectivity index (χ2n) is 9.47. The van der Waals surface area contributed by atoms with Gasteiger partial charge in [0, 0.05) is 36.6 Å². The van der Waals surface area contributed by atoms with E-state index < -0.39 is 11.9 Å². The first-order chi connectivity index (χ1) is 18.4. The van der Waals surface area contributed by atoms with Gasteiger partial charge in [0.05, 0.1) is 30.9 Å². The lowest BCUT2D eigenvalue weighted by atomic mass is 9.84. The first-order valence-electron chi connectivity index (χ1n) is 12.6. The van der Waals surface area contributed by atoms with Crippen molar-refractivity contribution in [3.8, 4) is 0 Å². The molecule has 1 aliphatic carbocycles. The molecule has 38 heavy (non-hydrogen) atoms. The van der Waals surface area contributed by atoms with E-state index in [0.29, 0.717) is 22.0 Å². The second-order valence-corrected chi connectivity index (χ2v) is 9.90. The zero-order chi connectivity index (χ0) is 26.6. The Balaban J connectivity index is 1.38. The molecular formula is C27H29ClN4O6. The van der Waals surface area contributed by atoms with Gasteiger partial charge in [-0.1, -0.05) is 11.6 Å². The number of furan rings is 1. The average molecular weight is 541 g/mol. The maximum atomic E-state index is 13.4. The standard InChI is InChI=1S/C27H29ClN4O6/c1-36-27(35)17-4-8-21-20(14-17)23(24(38-21)26(34)30-22-9-5-18(28)15-29-22)31-25(33)16-2-6-19(7-3-16)32-10-12-37-13-11-32/h4-5,8-9,14-16,19H,2-3,6-7,10-13H2,1H3,(H,31,33)(H,29,30,34). The number of ether oxygens (including phenoxy) is 2. The Morgan fingerprint density at radius 1 is 1.05 bits per heavy atom. The maximum Gasteiger partial charge on any atom is 0.337 e. The summed E-state index contributed by atoms with van der Waals surface area (Å²) in [5, 5.41) is 6.46. The molecule has 3 heterocycles. The number of methoxy groups -OCH3 is 1. The molecule has 0 radical (unpaired) electrons. The minimum atomic E-state index is -0.595. The lowest BCUT2D eigenvalue weighted by Gasteiger charge is -2.38. The van der Waals surface area contributed by atoms with Crippen molar-refractivity contribution in [3.63, 3.8) is 0 Å². The zero-order valence-corrected chi connectivity index (χ0v) is 21.8. The number of hydrogen-bond donors (Lipinski definition) is 2. The van der Waals surface area contributed by atoms with Crippen LogP contribution in [0.5, 0.6) is 0 Å². The highest BCUT2D eigenvalue weighted by atomic mass is 35.5. The molecule has 10 nitrogen and oxygen atoms in total. The number of pyridine rings is 1. The molecule has 2 aliphatic rings. The predicted octanol–water partition coefficient (Wildman–Crippen LogP) is 4.35. The quantitative estimate of drug-likeness (QED) is 0.442. The van der Waals surface area contributed by atoms with Gasteiger partial charge in [0.25, 0.3) is 5.91 Å². The van der Waals surface area contributed by atoms with Gasteiger partial charge in [-0.15, -0.1) is 0 Å². The third-order valence-corrected chi connectivity index (χ3v) is 7.39. The van der Waals surface area contributed by atoms with Crippen LogP contribution < -0.4 is 10.6 Å². The summed E-state index contributed by atoms with van der Waals surface area (Å²) in [5.41, 5.74) is 0.823. The van der Waals surface area contributed by atoms with Crippen LogP contribution in [-0.2, 0) is 14.3 Å². The molecule has 0 unspecified atom stereocenters. The van der Waals surface area contributed by atoms with Crippen molar-refractivity contribution in [2.75, 3.05) is 44.0 Å². The molecular weight excluding hydrogens is 512 g/mol. The molecule has 3 aromatic rings. The first kappa shape index (κ1) is 26.1. The van der Waals surface area contributed by atoms with Gasteiger partial charge in [0.1, 0.15) is 17.1 Å². The second kappa shape index (κ2) is 11.5. The number of rotatable bonds is 6. The summed E-state index contributed by atoms with van der Waals surface area (Å²) in [6.07, 6.45) is 4.74. The van der Waals surface area contributed by atoms with E-state index in [1.807, 2.05) is 0 Å². The summed E-state index contributed by atoms with van der Waals surface area (Å²) in [6.45, 7) is 3.34. The van der Waals surface area contributed by atoms with Crippen molar-refractivity contribution in [1.29, 1.82) is 0 Å². The van der Waals surface area contributed by atoms with Crippen molar-refractivity contribution < 1.29 is 28.3 Å². The van der Waals surface area contributed by atoms with Crippen LogP contribution in [0.2, 0.25) is 5.02 Å². The molecule has 5 rings (SSSR count). The molecule has 2 fully saturated rings. The van der Waals surface area contributed by atoms with Gasteiger partial charge in [-0.2, -0.15) is 0 Å². The fourth-order valence-corrected chi connectivity index (χ4v) is 5.23. The molecule has 2 amide bonds. The summed E-state index contributed by atoms with van der Waals surface area (Å²) in [7, 11) is 1.29. The number of benzene rings is 1. The molecule has 0 atom stereocenters. The fourth-order valence-electron chi connectivity index (χ4n) is 5.12. The monoisotopic (exact) mass is 540 g/mol. The van der Waals surface area contributed by atoms with Crippen LogP contribution in [0.3, 0.4) is 0 Å². The highest BCUT2D eigenvalue weighted by molar-refractivity contribution is 6.30. The molecule has 200 valence electrons. The van der Waals surface area contributed by atoms with Crippen molar-refractivity contribution in [2.24, 2.45) is 5.92 Å². The smallest absolute Gasteiger partial charge is 0.337 e. The Labute approximate surface area is 224 Å².